The molecule has 0 heterocycles. The second-order valence-corrected chi connectivity index (χ2v) is 5.53. The molecule has 0 amide bonds. The van der Waals surface area contributed by atoms with Gasteiger partial charge in [0.05, 0.1) is 13.0 Å². The first-order valence-corrected chi connectivity index (χ1v) is 7.67. The zero-order chi connectivity index (χ0) is 12.9. The van der Waals surface area contributed by atoms with Crippen molar-refractivity contribution in [2.45, 2.75) is 57.6 Å². The van der Waals surface area contributed by atoms with E-state index in [9.17, 15) is 4.79 Å². The fourth-order valence-corrected chi connectivity index (χ4v) is 2.78. The fraction of sp³-hybridized carbons (Fsp3) is 0.923. The molecule has 0 aromatic carbocycles. The van der Waals surface area contributed by atoms with Gasteiger partial charge in [-0.2, -0.15) is 11.8 Å². The maximum Gasteiger partial charge on any atom is 0.306 e. The van der Waals surface area contributed by atoms with Crippen LogP contribution in [0.3, 0.4) is 0 Å². The van der Waals surface area contributed by atoms with Crippen LogP contribution in [0.5, 0.6) is 0 Å². The van der Waals surface area contributed by atoms with Crippen molar-refractivity contribution >= 4 is 17.7 Å². The predicted molar refractivity (Wildman–Crippen MR) is 73.3 cm³/mol. The van der Waals surface area contributed by atoms with E-state index in [1.54, 1.807) is 11.8 Å². The molecule has 3 nitrogen and oxygen atoms in total. The number of carbonyl (C=O) groups is 1. The van der Waals surface area contributed by atoms with E-state index in [1.807, 2.05) is 0 Å². The van der Waals surface area contributed by atoms with Gasteiger partial charge < -0.3 is 9.84 Å². The second kappa shape index (κ2) is 12.2. The number of thioether (sulfide) groups is 1. The van der Waals surface area contributed by atoms with Crippen LogP contribution < -0.4 is 0 Å². The van der Waals surface area contributed by atoms with Crippen molar-refractivity contribution < 1.29 is 14.6 Å². The largest absolute Gasteiger partial charge is 0.466 e. The third kappa shape index (κ3) is 10.6. The Bertz CT molecular complexity index is 180. The van der Waals surface area contributed by atoms with Crippen LogP contribution in [0.1, 0.15) is 52.4 Å². The van der Waals surface area contributed by atoms with E-state index in [0.29, 0.717) is 18.3 Å². The molecule has 0 radical (unpaired) electrons. The number of aliphatic hydroxyl groups is 1. The van der Waals surface area contributed by atoms with Gasteiger partial charge in [0.2, 0.25) is 0 Å². The molecular formula is C13H26O3S. The molecule has 0 saturated heterocycles. The predicted octanol–water partition coefficient (Wildman–Crippen LogP) is 3.00. The first kappa shape index (κ1) is 16.8. The highest BCUT2D eigenvalue weighted by molar-refractivity contribution is 7.99. The summed E-state index contributed by atoms with van der Waals surface area (Å²) >= 11 is 1.78. The van der Waals surface area contributed by atoms with Gasteiger partial charge in [0.1, 0.15) is 0 Å². The number of aliphatic hydroxyl groups excluding tert-OH is 1. The fourth-order valence-electron chi connectivity index (χ4n) is 1.49. The lowest BCUT2D eigenvalue weighted by Crippen LogP contribution is -2.10. The van der Waals surface area contributed by atoms with E-state index in [2.05, 4.69) is 13.8 Å². The number of ether oxygens (including phenoxy) is 1. The van der Waals surface area contributed by atoms with Crippen molar-refractivity contribution in [3.8, 4) is 0 Å². The Kier molecular flexibility index (Phi) is 12.1. The van der Waals surface area contributed by atoms with Gasteiger partial charge in [-0.3, -0.25) is 4.79 Å². The molecule has 0 rings (SSSR count). The number of hydrogen-bond acceptors (Lipinski definition) is 4. The van der Waals surface area contributed by atoms with E-state index in [-0.39, 0.29) is 12.6 Å². The van der Waals surface area contributed by atoms with Gasteiger partial charge in [-0.05, 0) is 19.3 Å². The van der Waals surface area contributed by atoms with Crippen LogP contribution in [0.2, 0.25) is 0 Å². The summed E-state index contributed by atoms with van der Waals surface area (Å²) in [4.78, 5) is 11.3. The molecule has 0 aliphatic rings. The van der Waals surface area contributed by atoms with E-state index in [1.165, 1.54) is 0 Å². The Balaban J connectivity index is 3.54. The molecule has 0 fully saturated rings. The third-order valence-corrected chi connectivity index (χ3v) is 3.87. The molecule has 1 N–H and O–H groups in total. The molecule has 0 saturated carbocycles. The van der Waals surface area contributed by atoms with Gasteiger partial charge in [-0.25, -0.2) is 0 Å². The van der Waals surface area contributed by atoms with Gasteiger partial charge in [0.25, 0.3) is 0 Å². The Morgan fingerprint density at radius 2 is 2.06 bits per heavy atom. The number of esters is 1. The van der Waals surface area contributed by atoms with Gasteiger partial charge in [0.15, 0.2) is 0 Å². The Labute approximate surface area is 109 Å². The minimum atomic E-state index is -0.0924. The highest BCUT2D eigenvalue weighted by Gasteiger charge is 2.09. The van der Waals surface area contributed by atoms with E-state index < -0.39 is 0 Å². The average molecular weight is 262 g/mol. The summed E-state index contributed by atoms with van der Waals surface area (Å²) in [6.07, 6.45) is 5.54. The van der Waals surface area contributed by atoms with Crippen molar-refractivity contribution in [3.05, 3.63) is 0 Å². The average Bonchev–Trinajstić information content (AvgIpc) is 2.30. The summed E-state index contributed by atoms with van der Waals surface area (Å²) in [5.41, 5.74) is 0. The summed E-state index contributed by atoms with van der Waals surface area (Å²) < 4.78 is 5.08. The van der Waals surface area contributed by atoms with Crippen molar-refractivity contribution in [1.29, 1.82) is 0 Å². The molecule has 0 aliphatic carbocycles. The lowest BCUT2D eigenvalue weighted by molar-refractivity contribution is -0.143. The number of carbonyl (C=O) groups excluding carboxylic acids is 1. The standard InChI is InChI=1S/C13H26O3S/c1-3-5-10-16-13(15)8-11-17-12(6-4-2)7-9-14/h12,14H,3-11H2,1-2H3. The zero-order valence-electron chi connectivity index (χ0n) is 11.1. The highest BCUT2D eigenvalue weighted by atomic mass is 32.2. The van der Waals surface area contributed by atoms with Crippen LogP contribution in [0.4, 0.5) is 0 Å². The van der Waals surface area contributed by atoms with Crippen LogP contribution in [0.15, 0.2) is 0 Å². The minimum Gasteiger partial charge on any atom is -0.466 e. The van der Waals surface area contributed by atoms with Gasteiger partial charge >= 0.3 is 5.97 Å². The van der Waals surface area contributed by atoms with Crippen molar-refractivity contribution in [1.82, 2.24) is 0 Å². The SMILES string of the molecule is CCCCOC(=O)CCSC(CCC)CCO. The second-order valence-electron chi connectivity index (χ2n) is 4.12. The minimum absolute atomic E-state index is 0.0924. The quantitative estimate of drug-likeness (QED) is 0.459. The van der Waals surface area contributed by atoms with Crippen LogP contribution in [0, 0.1) is 0 Å². The number of rotatable bonds is 11. The summed E-state index contributed by atoms with van der Waals surface area (Å²) in [5.74, 6) is 0.709. The number of unbranched alkanes of at least 4 members (excludes halogenated alkanes) is 1. The smallest absolute Gasteiger partial charge is 0.306 e. The number of hydrogen-bond donors (Lipinski definition) is 1. The Hall–Kier alpha value is -0.220. The first-order valence-electron chi connectivity index (χ1n) is 6.62. The molecule has 0 spiro atoms. The Morgan fingerprint density at radius 1 is 1.29 bits per heavy atom. The van der Waals surface area contributed by atoms with Crippen LogP contribution in [-0.4, -0.2) is 35.3 Å². The molecular weight excluding hydrogens is 236 g/mol. The molecule has 17 heavy (non-hydrogen) atoms. The van der Waals surface area contributed by atoms with Crippen molar-refractivity contribution in [2.75, 3.05) is 19.0 Å². The normalized spacial score (nSPS) is 12.4. The van der Waals surface area contributed by atoms with Gasteiger partial charge in [-0.1, -0.05) is 26.7 Å². The Morgan fingerprint density at radius 3 is 2.65 bits per heavy atom. The molecule has 0 aliphatic heterocycles. The maximum atomic E-state index is 11.3. The molecule has 0 bridgehead atoms. The lowest BCUT2D eigenvalue weighted by atomic mass is 10.2. The van der Waals surface area contributed by atoms with Gasteiger partial charge in [-0.15, -0.1) is 0 Å². The molecule has 0 aromatic rings. The summed E-state index contributed by atoms with van der Waals surface area (Å²) in [5, 5.41) is 9.39. The monoisotopic (exact) mass is 262 g/mol. The first-order chi connectivity index (χ1) is 8.24. The third-order valence-electron chi connectivity index (χ3n) is 2.48. The van der Waals surface area contributed by atoms with Gasteiger partial charge in [0, 0.05) is 17.6 Å². The molecule has 4 heteroatoms. The van der Waals surface area contributed by atoms with Crippen LogP contribution >= 0.6 is 11.8 Å². The lowest BCUT2D eigenvalue weighted by Gasteiger charge is -2.13. The maximum absolute atomic E-state index is 11.3. The van der Waals surface area contributed by atoms with E-state index in [0.717, 1.165) is 37.9 Å². The molecule has 1 unspecified atom stereocenters. The summed E-state index contributed by atoms with van der Waals surface area (Å²) in [6, 6.07) is 0. The van der Waals surface area contributed by atoms with Crippen molar-refractivity contribution in [3.63, 3.8) is 0 Å². The summed E-state index contributed by atoms with van der Waals surface area (Å²) in [6.45, 7) is 5.01. The molecule has 102 valence electrons. The highest BCUT2D eigenvalue weighted by Crippen LogP contribution is 2.20. The van der Waals surface area contributed by atoms with E-state index in [4.69, 9.17) is 9.84 Å². The summed E-state index contributed by atoms with van der Waals surface area (Å²) in [7, 11) is 0. The topological polar surface area (TPSA) is 46.5 Å². The zero-order valence-corrected chi connectivity index (χ0v) is 11.9. The molecule has 0 aromatic heterocycles. The van der Waals surface area contributed by atoms with E-state index >= 15 is 0 Å². The molecule has 1 atom stereocenters. The van der Waals surface area contributed by atoms with Crippen molar-refractivity contribution in [2.24, 2.45) is 0 Å². The van der Waals surface area contributed by atoms with Crippen LogP contribution in [-0.2, 0) is 9.53 Å². The van der Waals surface area contributed by atoms with Crippen LogP contribution in [0.25, 0.3) is 0 Å².